The Hall–Kier alpha value is -1.47. The molecular formula is C12H12BrN5S. The second-order valence-electron chi connectivity index (χ2n) is 4.55. The second kappa shape index (κ2) is 4.57. The zero-order valence-corrected chi connectivity index (χ0v) is 12.9. The topological polar surface area (TPSA) is 69.1 Å². The van der Waals surface area contributed by atoms with Crippen molar-refractivity contribution in [3.8, 4) is 10.6 Å². The Bertz CT molecular complexity index is 746. The van der Waals surface area contributed by atoms with Crippen LogP contribution in [-0.2, 0) is 0 Å². The van der Waals surface area contributed by atoms with Crippen molar-refractivity contribution < 1.29 is 0 Å². The molecule has 2 N–H and O–H groups in total. The van der Waals surface area contributed by atoms with Gasteiger partial charge in [0.15, 0.2) is 5.82 Å². The molecule has 3 aromatic rings. The molecule has 2 heterocycles. The number of halogens is 1. The van der Waals surface area contributed by atoms with Crippen LogP contribution in [0, 0.1) is 0 Å². The monoisotopic (exact) mass is 337 g/mol. The third-order valence-corrected chi connectivity index (χ3v) is 4.20. The molecule has 0 aliphatic heterocycles. The van der Waals surface area contributed by atoms with Gasteiger partial charge in [-0.1, -0.05) is 41.1 Å². The van der Waals surface area contributed by atoms with Crippen molar-refractivity contribution in [3.05, 3.63) is 28.5 Å². The van der Waals surface area contributed by atoms with Gasteiger partial charge in [-0.3, -0.25) is 0 Å². The molecule has 0 unspecified atom stereocenters. The average molecular weight is 338 g/mol. The van der Waals surface area contributed by atoms with E-state index in [1.807, 2.05) is 18.2 Å². The van der Waals surface area contributed by atoms with Gasteiger partial charge in [0.05, 0.1) is 0 Å². The number of fused-ring (bicyclic) bond motifs is 1. The fourth-order valence-electron chi connectivity index (χ4n) is 1.81. The minimum atomic E-state index is 0.282. The zero-order valence-electron chi connectivity index (χ0n) is 10.5. The lowest BCUT2D eigenvalue weighted by Gasteiger charge is -2.02. The second-order valence-corrected chi connectivity index (χ2v) is 6.42. The van der Waals surface area contributed by atoms with Gasteiger partial charge in [-0.05, 0) is 18.2 Å². The van der Waals surface area contributed by atoms with Gasteiger partial charge in [-0.15, -0.1) is 10.2 Å². The van der Waals surface area contributed by atoms with E-state index in [0.29, 0.717) is 5.69 Å². The van der Waals surface area contributed by atoms with Crippen LogP contribution in [0.25, 0.3) is 15.5 Å². The molecule has 0 bridgehead atoms. The van der Waals surface area contributed by atoms with E-state index < -0.39 is 0 Å². The minimum Gasteiger partial charge on any atom is -0.398 e. The fourth-order valence-corrected chi connectivity index (χ4v) is 3.06. The van der Waals surface area contributed by atoms with Crippen LogP contribution in [0.1, 0.15) is 25.6 Å². The molecule has 98 valence electrons. The molecule has 0 saturated heterocycles. The molecule has 0 aliphatic carbocycles. The summed E-state index contributed by atoms with van der Waals surface area (Å²) in [5.74, 6) is 1.15. The summed E-state index contributed by atoms with van der Waals surface area (Å²) in [4.78, 5) is 0.790. The van der Waals surface area contributed by atoms with Gasteiger partial charge < -0.3 is 5.73 Å². The Balaban J connectivity index is 2.18. The van der Waals surface area contributed by atoms with E-state index in [4.69, 9.17) is 5.73 Å². The summed E-state index contributed by atoms with van der Waals surface area (Å²) in [6.45, 7) is 4.14. The molecule has 19 heavy (non-hydrogen) atoms. The molecule has 1 aromatic carbocycles. The number of hydrogen-bond acceptors (Lipinski definition) is 5. The molecule has 0 fully saturated rings. The number of anilines is 1. The Labute approximate surface area is 122 Å². The highest BCUT2D eigenvalue weighted by Gasteiger charge is 2.16. The molecule has 0 amide bonds. The maximum Gasteiger partial charge on any atom is 0.234 e. The highest BCUT2D eigenvalue weighted by molar-refractivity contribution is 9.10. The Kier molecular flexibility index (Phi) is 3.02. The van der Waals surface area contributed by atoms with Gasteiger partial charge in [0.2, 0.25) is 4.96 Å². The van der Waals surface area contributed by atoms with Crippen LogP contribution in [0.2, 0.25) is 0 Å². The van der Waals surface area contributed by atoms with Crippen LogP contribution < -0.4 is 5.73 Å². The van der Waals surface area contributed by atoms with Crippen molar-refractivity contribution in [2.45, 2.75) is 19.8 Å². The number of benzene rings is 1. The van der Waals surface area contributed by atoms with Crippen LogP contribution in [0.3, 0.4) is 0 Å². The van der Waals surface area contributed by atoms with Crippen LogP contribution in [0.4, 0.5) is 5.69 Å². The van der Waals surface area contributed by atoms with Crippen molar-refractivity contribution in [1.29, 1.82) is 0 Å². The zero-order chi connectivity index (χ0) is 13.6. The third-order valence-electron chi connectivity index (χ3n) is 2.78. The van der Waals surface area contributed by atoms with E-state index in [1.165, 1.54) is 11.3 Å². The number of nitrogen functional groups attached to an aromatic ring is 1. The molecule has 0 saturated carbocycles. The van der Waals surface area contributed by atoms with E-state index in [0.717, 1.165) is 25.8 Å². The SMILES string of the molecule is CC(C)c1nnc2sc(-c3cc(Br)ccc3N)nn12. The lowest BCUT2D eigenvalue weighted by Crippen LogP contribution is -1.98. The summed E-state index contributed by atoms with van der Waals surface area (Å²) in [6.07, 6.45) is 0. The summed E-state index contributed by atoms with van der Waals surface area (Å²) in [6, 6.07) is 5.75. The smallest absolute Gasteiger partial charge is 0.234 e. The normalized spacial score (nSPS) is 11.6. The highest BCUT2D eigenvalue weighted by atomic mass is 79.9. The van der Waals surface area contributed by atoms with Gasteiger partial charge >= 0.3 is 0 Å². The lowest BCUT2D eigenvalue weighted by molar-refractivity contribution is 0.727. The van der Waals surface area contributed by atoms with Gasteiger partial charge in [0, 0.05) is 21.6 Å². The van der Waals surface area contributed by atoms with Crippen LogP contribution in [0.5, 0.6) is 0 Å². The summed E-state index contributed by atoms with van der Waals surface area (Å²) < 4.78 is 2.78. The average Bonchev–Trinajstić information content (AvgIpc) is 2.91. The molecule has 0 radical (unpaired) electrons. The van der Waals surface area contributed by atoms with E-state index in [1.54, 1.807) is 4.52 Å². The molecule has 7 heteroatoms. The standard InChI is InChI=1S/C12H12BrN5S/c1-6(2)10-15-16-12-18(10)17-11(19-12)8-5-7(13)3-4-9(8)14/h3-6H,14H2,1-2H3. The molecule has 2 aromatic heterocycles. The lowest BCUT2D eigenvalue weighted by atomic mass is 10.2. The van der Waals surface area contributed by atoms with E-state index in [-0.39, 0.29) is 5.92 Å². The van der Waals surface area contributed by atoms with Crippen LogP contribution in [-0.4, -0.2) is 19.8 Å². The fraction of sp³-hybridized carbons (Fsp3) is 0.250. The minimum absolute atomic E-state index is 0.282. The number of nitrogens with two attached hydrogens (primary N) is 1. The summed E-state index contributed by atoms with van der Waals surface area (Å²) in [5, 5.41) is 13.7. The predicted octanol–water partition coefficient (Wildman–Crippen LogP) is 3.32. The third kappa shape index (κ3) is 2.12. The van der Waals surface area contributed by atoms with Crippen molar-refractivity contribution in [1.82, 2.24) is 19.8 Å². The molecule has 0 atom stereocenters. The molecule has 0 spiro atoms. The van der Waals surface area contributed by atoms with Crippen molar-refractivity contribution in [2.24, 2.45) is 0 Å². The number of nitrogens with zero attached hydrogens (tertiary/aromatic N) is 4. The molecule has 3 rings (SSSR count). The van der Waals surface area contributed by atoms with Crippen LogP contribution >= 0.6 is 27.3 Å². The summed E-state index contributed by atoms with van der Waals surface area (Å²) >= 11 is 4.94. The Morgan fingerprint density at radius 1 is 1.32 bits per heavy atom. The van der Waals surface area contributed by atoms with Crippen molar-refractivity contribution >= 4 is 37.9 Å². The first-order valence-electron chi connectivity index (χ1n) is 5.84. The maximum atomic E-state index is 6.01. The first-order valence-corrected chi connectivity index (χ1v) is 7.44. The van der Waals surface area contributed by atoms with Gasteiger partial charge in [-0.2, -0.15) is 9.61 Å². The van der Waals surface area contributed by atoms with Crippen LogP contribution in [0.15, 0.2) is 22.7 Å². The largest absolute Gasteiger partial charge is 0.398 e. The van der Waals surface area contributed by atoms with Crippen molar-refractivity contribution in [3.63, 3.8) is 0 Å². The van der Waals surface area contributed by atoms with Gasteiger partial charge in [0.1, 0.15) is 5.01 Å². The quantitative estimate of drug-likeness (QED) is 0.728. The van der Waals surface area contributed by atoms with E-state index >= 15 is 0 Å². The summed E-state index contributed by atoms with van der Waals surface area (Å²) in [7, 11) is 0. The number of rotatable bonds is 2. The maximum absolute atomic E-state index is 6.01. The highest BCUT2D eigenvalue weighted by Crippen LogP contribution is 2.32. The van der Waals surface area contributed by atoms with Gasteiger partial charge in [0.25, 0.3) is 0 Å². The molecule has 0 aliphatic rings. The van der Waals surface area contributed by atoms with E-state index in [9.17, 15) is 0 Å². The van der Waals surface area contributed by atoms with Crippen molar-refractivity contribution in [2.75, 3.05) is 5.73 Å². The van der Waals surface area contributed by atoms with E-state index in [2.05, 4.69) is 45.1 Å². The summed E-state index contributed by atoms with van der Waals surface area (Å²) in [5.41, 5.74) is 7.63. The first-order chi connectivity index (χ1) is 9.06. The Morgan fingerprint density at radius 3 is 2.84 bits per heavy atom. The number of hydrogen-bond donors (Lipinski definition) is 1. The molecule has 5 nitrogen and oxygen atoms in total. The molecular weight excluding hydrogens is 326 g/mol. The Morgan fingerprint density at radius 2 is 2.11 bits per heavy atom. The van der Waals surface area contributed by atoms with Gasteiger partial charge in [-0.25, -0.2) is 0 Å². The predicted molar refractivity (Wildman–Crippen MR) is 80.3 cm³/mol. The number of aromatic nitrogens is 4. The first kappa shape index (κ1) is 12.6.